The van der Waals surface area contributed by atoms with E-state index in [1.165, 1.54) is 0 Å². The molecule has 0 bridgehead atoms. The summed E-state index contributed by atoms with van der Waals surface area (Å²) in [6.07, 6.45) is 2.20. The Morgan fingerprint density at radius 3 is 2.96 bits per heavy atom. The van der Waals surface area contributed by atoms with E-state index in [2.05, 4.69) is 31.2 Å². The van der Waals surface area contributed by atoms with E-state index in [4.69, 9.17) is 0 Å². The number of anilines is 1. The summed E-state index contributed by atoms with van der Waals surface area (Å²) in [7, 11) is 0. The normalized spacial score (nSPS) is 18.2. The number of carbonyl (C=O) groups excluding carboxylic acids is 2. The number of nitrogens with zero attached hydrogens (tertiary/aromatic N) is 3. The van der Waals surface area contributed by atoms with Gasteiger partial charge >= 0.3 is 11.8 Å². The summed E-state index contributed by atoms with van der Waals surface area (Å²) in [6, 6.07) is 5.52. The van der Waals surface area contributed by atoms with Gasteiger partial charge in [0.25, 0.3) is 0 Å². The molecule has 23 heavy (non-hydrogen) atoms. The van der Waals surface area contributed by atoms with Crippen molar-refractivity contribution >= 4 is 40.3 Å². The molecule has 0 unspecified atom stereocenters. The predicted molar refractivity (Wildman–Crippen MR) is 89.3 cm³/mol. The SMILES string of the molecule is CCN1CCC[C@H]1CNC(=O)C(=O)Nc1ccc2nsnc2c1. The molecule has 0 aliphatic carbocycles. The lowest BCUT2D eigenvalue weighted by atomic mass is 10.2. The van der Waals surface area contributed by atoms with E-state index in [-0.39, 0.29) is 0 Å². The lowest BCUT2D eigenvalue weighted by Gasteiger charge is -2.22. The zero-order valence-corrected chi connectivity index (χ0v) is 13.7. The van der Waals surface area contributed by atoms with Crippen molar-refractivity contribution in [2.24, 2.45) is 0 Å². The molecule has 8 heteroatoms. The number of likely N-dealkylation sites (tertiary alicyclic amines) is 1. The Morgan fingerprint density at radius 2 is 2.13 bits per heavy atom. The fourth-order valence-electron chi connectivity index (χ4n) is 2.88. The third-order valence-electron chi connectivity index (χ3n) is 4.12. The molecule has 0 radical (unpaired) electrons. The molecule has 7 nitrogen and oxygen atoms in total. The second-order valence-electron chi connectivity index (χ2n) is 5.56. The van der Waals surface area contributed by atoms with Gasteiger partial charge in [0.1, 0.15) is 11.0 Å². The molecule has 0 spiro atoms. The molecule has 1 saturated heterocycles. The second kappa shape index (κ2) is 7.01. The molecule has 2 heterocycles. The topological polar surface area (TPSA) is 87.2 Å². The van der Waals surface area contributed by atoms with Crippen molar-refractivity contribution in [1.82, 2.24) is 19.0 Å². The molecule has 2 aromatic rings. The second-order valence-corrected chi connectivity index (χ2v) is 6.08. The van der Waals surface area contributed by atoms with Gasteiger partial charge in [-0.25, -0.2) is 0 Å². The highest BCUT2D eigenvalue weighted by Crippen LogP contribution is 2.17. The number of likely N-dealkylation sites (N-methyl/N-ethyl adjacent to an activating group) is 1. The molecular formula is C15H19N5O2S. The number of amides is 2. The van der Waals surface area contributed by atoms with Crippen LogP contribution in [-0.2, 0) is 9.59 Å². The molecule has 2 amide bonds. The van der Waals surface area contributed by atoms with Gasteiger partial charge in [0, 0.05) is 18.3 Å². The Labute approximate surface area is 138 Å². The van der Waals surface area contributed by atoms with E-state index < -0.39 is 11.8 Å². The summed E-state index contributed by atoms with van der Waals surface area (Å²) in [5, 5.41) is 5.32. The largest absolute Gasteiger partial charge is 0.346 e. The Hall–Kier alpha value is -2.06. The van der Waals surface area contributed by atoms with Gasteiger partial charge in [-0.2, -0.15) is 8.75 Å². The molecule has 0 saturated carbocycles. The fraction of sp³-hybridized carbons (Fsp3) is 0.467. The summed E-state index contributed by atoms with van der Waals surface area (Å²) in [4.78, 5) is 26.2. The number of hydrogen-bond donors (Lipinski definition) is 2. The molecule has 2 N–H and O–H groups in total. The molecule has 122 valence electrons. The van der Waals surface area contributed by atoms with E-state index in [0.29, 0.717) is 23.8 Å². The zero-order chi connectivity index (χ0) is 16.2. The molecular weight excluding hydrogens is 314 g/mol. The maximum Gasteiger partial charge on any atom is 0.313 e. The summed E-state index contributed by atoms with van der Waals surface area (Å²) >= 11 is 1.11. The van der Waals surface area contributed by atoms with Crippen LogP contribution in [-0.4, -0.2) is 51.1 Å². The third-order valence-corrected chi connectivity index (χ3v) is 4.68. The van der Waals surface area contributed by atoms with Gasteiger partial charge in [-0.1, -0.05) is 6.92 Å². The van der Waals surface area contributed by atoms with E-state index >= 15 is 0 Å². The van der Waals surface area contributed by atoms with Crippen LogP contribution >= 0.6 is 11.7 Å². The highest BCUT2D eigenvalue weighted by Gasteiger charge is 2.24. The van der Waals surface area contributed by atoms with Gasteiger partial charge in [-0.15, -0.1) is 0 Å². The van der Waals surface area contributed by atoms with Crippen molar-refractivity contribution in [1.29, 1.82) is 0 Å². The van der Waals surface area contributed by atoms with Crippen molar-refractivity contribution in [3.63, 3.8) is 0 Å². The van der Waals surface area contributed by atoms with Crippen LogP contribution in [0.25, 0.3) is 11.0 Å². The lowest BCUT2D eigenvalue weighted by Crippen LogP contribution is -2.43. The first kappa shape index (κ1) is 15.8. The standard InChI is InChI=1S/C15H19N5O2S/c1-2-20-7-3-4-11(20)9-16-14(21)15(22)17-10-5-6-12-13(8-10)19-23-18-12/h5-6,8,11H,2-4,7,9H2,1H3,(H,16,21)(H,17,22)/t11-/m0/s1. The van der Waals surface area contributed by atoms with Crippen LogP contribution in [0.2, 0.25) is 0 Å². The van der Waals surface area contributed by atoms with Gasteiger partial charge in [0.2, 0.25) is 0 Å². The van der Waals surface area contributed by atoms with Gasteiger partial charge < -0.3 is 10.6 Å². The predicted octanol–water partition coefficient (Wildman–Crippen LogP) is 1.23. The average Bonchev–Trinajstić information content (AvgIpc) is 3.20. The highest BCUT2D eigenvalue weighted by molar-refractivity contribution is 7.00. The highest BCUT2D eigenvalue weighted by atomic mass is 32.1. The molecule has 1 aliphatic rings. The van der Waals surface area contributed by atoms with Crippen molar-refractivity contribution < 1.29 is 9.59 Å². The molecule has 1 aromatic heterocycles. The average molecular weight is 333 g/mol. The quantitative estimate of drug-likeness (QED) is 0.822. The summed E-state index contributed by atoms with van der Waals surface area (Å²) in [6.45, 7) is 4.64. The van der Waals surface area contributed by atoms with Crippen LogP contribution < -0.4 is 10.6 Å². The number of carbonyl (C=O) groups is 2. The van der Waals surface area contributed by atoms with Crippen molar-refractivity contribution in [2.45, 2.75) is 25.8 Å². The van der Waals surface area contributed by atoms with Gasteiger partial charge in [-0.05, 0) is 44.1 Å². The minimum absolute atomic E-state index is 0.328. The number of benzene rings is 1. The Balaban J connectivity index is 1.53. The van der Waals surface area contributed by atoms with E-state index in [1.54, 1.807) is 18.2 Å². The van der Waals surface area contributed by atoms with Gasteiger partial charge in [-0.3, -0.25) is 14.5 Å². The number of nitrogens with one attached hydrogen (secondary N) is 2. The molecule has 1 fully saturated rings. The zero-order valence-electron chi connectivity index (χ0n) is 12.9. The van der Waals surface area contributed by atoms with Crippen molar-refractivity contribution in [2.75, 3.05) is 25.0 Å². The van der Waals surface area contributed by atoms with E-state index in [9.17, 15) is 9.59 Å². The summed E-state index contributed by atoms with van der Waals surface area (Å²) < 4.78 is 8.21. The van der Waals surface area contributed by atoms with Gasteiger partial charge in [0.05, 0.1) is 11.7 Å². The molecule has 3 rings (SSSR count). The van der Waals surface area contributed by atoms with E-state index in [1.807, 2.05) is 0 Å². The van der Waals surface area contributed by atoms with Crippen LogP contribution in [0.5, 0.6) is 0 Å². The first-order valence-corrected chi connectivity index (χ1v) is 8.46. The maximum absolute atomic E-state index is 12.0. The molecule has 1 atom stereocenters. The first-order chi connectivity index (χ1) is 11.2. The Kier molecular flexibility index (Phi) is 4.82. The third kappa shape index (κ3) is 3.65. The number of aromatic nitrogens is 2. The van der Waals surface area contributed by atoms with Crippen molar-refractivity contribution in [3.05, 3.63) is 18.2 Å². The number of hydrogen-bond acceptors (Lipinski definition) is 6. The van der Waals surface area contributed by atoms with Crippen LogP contribution in [0.3, 0.4) is 0 Å². The van der Waals surface area contributed by atoms with Crippen LogP contribution in [0.1, 0.15) is 19.8 Å². The number of rotatable bonds is 4. The van der Waals surface area contributed by atoms with Crippen LogP contribution in [0.4, 0.5) is 5.69 Å². The lowest BCUT2D eigenvalue weighted by molar-refractivity contribution is -0.136. The number of fused-ring (bicyclic) bond motifs is 1. The smallest absolute Gasteiger partial charge is 0.313 e. The van der Waals surface area contributed by atoms with Crippen LogP contribution in [0, 0.1) is 0 Å². The molecule has 1 aromatic carbocycles. The Bertz CT molecular complexity index is 717. The minimum Gasteiger partial charge on any atom is -0.346 e. The summed E-state index contributed by atoms with van der Waals surface area (Å²) in [5.41, 5.74) is 2.03. The van der Waals surface area contributed by atoms with Crippen LogP contribution in [0.15, 0.2) is 18.2 Å². The fourth-order valence-corrected chi connectivity index (χ4v) is 3.40. The summed E-state index contributed by atoms with van der Waals surface area (Å²) in [5.74, 6) is -1.27. The maximum atomic E-state index is 12.0. The minimum atomic E-state index is -0.659. The first-order valence-electron chi connectivity index (χ1n) is 7.73. The van der Waals surface area contributed by atoms with Crippen molar-refractivity contribution in [3.8, 4) is 0 Å². The van der Waals surface area contributed by atoms with Gasteiger partial charge in [0.15, 0.2) is 0 Å². The van der Waals surface area contributed by atoms with E-state index in [0.717, 1.165) is 43.2 Å². The Morgan fingerprint density at radius 1 is 1.30 bits per heavy atom. The monoisotopic (exact) mass is 333 g/mol. The molecule has 1 aliphatic heterocycles.